The van der Waals surface area contributed by atoms with Crippen molar-refractivity contribution in [2.24, 2.45) is 10.7 Å². The van der Waals surface area contributed by atoms with Crippen molar-refractivity contribution in [2.45, 2.75) is 57.5 Å². The molecule has 1 fully saturated rings. The number of benzene rings is 1. The zero-order valence-corrected chi connectivity index (χ0v) is 16.0. The largest absolute Gasteiger partial charge is 0.488 e. The molecular weight excluding hydrogens is 427 g/mol. The lowest BCUT2D eigenvalue weighted by atomic mass is 10.1. The van der Waals surface area contributed by atoms with Crippen LogP contribution in [-0.4, -0.2) is 25.0 Å². The average molecular weight is 453 g/mol. The second-order valence-corrected chi connectivity index (χ2v) is 5.88. The number of aliphatic imine (C=N–C) groups is 1. The summed E-state index contributed by atoms with van der Waals surface area (Å²) in [6.07, 6.45) is 4.83. The monoisotopic (exact) mass is 453 g/mol. The highest BCUT2D eigenvalue weighted by atomic mass is 127. The van der Waals surface area contributed by atoms with E-state index >= 15 is 0 Å². The van der Waals surface area contributed by atoms with Crippen molar-refractivity contribution in [1.82, 2.24) is 5.32 Å². The Labute approximate surface area is 159 Å². The number of hydrogen-bond acceptors (Lipinski definition) is 2. The van der Waals surface area contributed by atoms with E-state index in [4.69, 9.17) is 10.5 Å². The van der Waals surface area contributed by atoms with Crippen molar-refractivity contribution in [2.75, 3.05) is 6.61 Å². The molecule has 3 N–H and O–H groups in total. The summed E-state index contributed by atoms with van der Waals surface area (Å²) in [6.45, 7) is -0.199. The summed E-state index contributed by atoms with van der Waals surface area (Å²) >= 11 is 0. The van der Waals surface area contributed by atoms with Crippen LogP contribution in [0, 0.1) is 0 Å². The first-order valence-electron chi connectivity index (χ1n) is 8.20. The van der Waals surface area contributed by atoms with Gasteiger partial charge in [0.1, 0.15) is 12.4 Å². The molecule has 0 radical (unpaired) electrons. The van der Waals surface area contributed by atoms with E-state index in [1.807, 2.05) is 6.07 Å². The molecule has 0 spiro atoms. The highest BCUT2D eigenvalue weighted by molar-refractivity contribution is 14.0. The molecule has 0 aromatic heterocycles. The van der Waals surface area contributed by atoms with Crippen LogP contribution < -0.4 is 15.8 Å². The van der Waals surface area contributed by atoms with E-state index in [1.165, 1.54) is 25.7 Å². The minimum absolute atomic E-state index is 0. The number of hydrogen-bond donors (Lipinski definition) is 2. The Morgan fingerprint density at radius 2 is 1.96 bits per heavy atom. The Hall–Kier alpha value is -1.12. The van der Waals surface area contributed by atoms with Gasteiger partial charge in [-0.2, -0.15) is 0 Å². The zero-order valence-electron chi connectivity index (χ0n) is 13.7. The number of nitrogens with two attached hydrogens (primary N) is 1. The summed E-state index contributed by atoms with van der Waals surface area (Å²) in [7, 11) is 0. The van der Waals surface area contributed by atoms with E-state index < -0.39 is 13.0 Å². The summed E-state index contributed by atoms with van der Waals surface area (Å²) in [4.78, 5) is 4.34. The fourth-order valence-corrected chi connectivity index (χ4v) is 2.75. The number of rotatable bonds is 6. The van der Waals surface area contributed by atoms with Crippen LogP contribution in [0.15, 0.2) is 29.3 Å². The normalized spacial score (nSPS) is 16.4. The molecule has 1 aromatic carbocycles. The summed E-state index contributed by atoms with van der Waals surface area (Å²) in [5.74, 6) is 0.865. The summed E-state index contributed by atoms with van der Waals surface area (Å²) in [5, 5.41) is 3.28. The number of alkyl halides is 2. The Kier molecular flexibility index (Phi) is 9.97. The molecule has 1 aliphatic rings. The minimum atomic E-state index is -2.48. The maximum Gasteiger partial charge on any atom is 0.272 e. The number of halogens is 3. The van der Waals surface area contributed by atoms with Crippen molar-refractivity contribution in [1.29, 1.82) is 0 Å². The standard InChI is InChI=1S/C17H25F2N3O.HI/c18-16(19)12-23-15-9-5-6-13(10-15)11-21-17(20)22-14-7-3-1-2-4-8-14;/h5-6,9-10,14,16H,1-4,7-8,11-12H2,(H3,20,21,22);1H. The Morgan fingerprint density at radius 3 is 2.62 bits per heavy atom. The predicted octanol–water partition coefficient (Wildman–Crippen LogP) is 4.08. The van der Waals surface area contributed by atoms with Gasteiger partial charge in [0.05, 0.1) is 6.54 Å². The van der Waals surface area contributed by atoms with Gasteiger partial charge in [0.15, 0.2) is 5.96 Å². The van der Waals surface area contributed by atoms with Crippen LogP contribution in [0.4, 0.5) is 8.78 Å². The molecule has 1 aromatic rings. The van der Waals surface area contributed by atoms with Gasteiger partial charge in [-0.1, -0.05) is 37.8 Å². The van der Waals surface area contributed by atoms with Crippen LogP contribution in [0.1, 0.15) is 44.1 Å². The second-order valence-electron chi connectivity index (χ2n) is 5.88. The molecule has 0 atom stereocenters. The topological polar surface area (TPSA) is 59.6 Å². The van der Waals surface area contributed by atoms with Crippen LogP contribution in [0.25, 0.3) is 0 Å². The van der Waals surface area contributed by atoms with E-state index in [1.54, 1.807) is 18.2 Å². The third kappa shape index (κ3) is 8.12. The third-order valence-corrected chi connectivity index (χ3v) is 3.91. The Bertz CT molecular complexity index is 506. The van der Waals surface area contributed by atoms with Gasteiger partial charge in [0, 0.05) is 6.04 Å². The van der Waals surface area contributed by atoms with E-state index in [9.17, 15) is 8.78 Å². The number of ether oxygens (including phenoxy) is 1. The van der Waals surface area contributed by atoms with E-state index in [0.717, 1.165) is 18.4 Å². The van der Waals surface area contributed by atoms with Crippen LogP contribution >= 0.6 is 24.0 Å². The number of guanidine groups is 1. The van der Waals surface area contributed by atoms with Crippen molar-refractivity contribution < 1.29 is 13.5 Å². The van der Waals surface area contributed by atoms with E-state index in [-0.39, 0.29) is 24.0 Å². The Morgan fingerprint density at radius 1 is 1.25 bits per heavy atom. The molecule has 7 heteroatoms. The van der Waals surface area contributed by atoms with Crippen molar-refractivity contribution in [3.05, 3.63) is 29.8 Å². The van der Waals surface area contributed by atoms with Crippen LogP contribution in [0.2, 0.25) is 0 Å². The predicted molar refractivity (Wildman–Crippen MR) is 103 cm³/mol. The molecule has 4 nitrogen and oxygen atoms in total. The van der Waals surface area contributed by atoms with Crippen LogP contribution in [-0.2, 0) is 6.54 Å². The number of nitrogens with zero attached hydrogens (tertiary/aromatic N) is 1. The molecule has 136 valence electrons. The second kappa shape index (κ2) is 11.4. The van der Waals surface area contributed by atoms with Crippen molar-refractivity contribution in [3.63, 3.8) is 0 Å². The minimum Gasteiger partial charge on any atom is -0.488 e. The molecule has 0 bridgehead atoms. The molecule has 2 rings (SSSR count). The van der Waals surface area contributed by atoms with E-state index in [2.05, 4.69) is 10.3 Å². The molecule has 24 heavy (non-hydrogen) atoms. The van der Waals surface area contributed by atoms with Gasteiger partial charge >= 0.3 is 0 Å². The fraction of sp³-hybridized carbons (Fsp3) is 0.588. The zero-order chi connectivity index (χ0) is 16.5. The lowest BCUT2D eigenvalue weighted by molar-refractivity contribution is 0.0818. The van der Waals surface area contributed by atoms with E-state index in [0.29, 0.717) is 24.3 Å². The average Bonchev–Trinajstić information content (AvgIpc) is 2.80. The molecule has 1 saturated carbocycles. The molecule has 0 saturated heterocycles. The maximum atomic E-state index is 12.2. The van der Waals surface area contributed by atoms with Crippen LogP contribution in [0.5, 0.6) is 5.75 Å². The Balaban J connectivity index is 0.00000288. The van der Waals surface area contributed by atoms with Crippen molar-refractivity contribution >= 4 is 29.9 Å². The maximum absolute atomic E-state index is 12.2. The SMILES string of the molecule is I.NC(=NCc1cccc(OCC(F)F)c1)NC1CCCCCC1. The first kappa shape index (κ1) is 20.9. The first-order chi connectivity index (χ1) is 11.1. The molecule has 0 unspecified atom stereocenters. The molecule has 0 heterocycles. The van der Waals surface area contributed by atoms with Gasteiger partial charge in [0.25, 0.3) is 6.43 Å². The number of nitrogens with one attached hydrogen (secondary N) is 1. The molecule has 0 aliphatic heterocycles. The fourth-order valence-electron chi connectivity index (χ4n) is 2.75. The van der Waals surface area contributed by atoms with Gasteiger partial charge in [-0.05, 0) is 30.5 Å². The van der Waals surface area contributed by atoms with Gasteiger partial charge in [-0.25, -0.2) is 13.8 Å². The van der Waals surface area contributed by atoms with Gasteiger partial charge in [-0.3, -0.25) is 0 Å². The third-order valence-electron chi connectivity index (χ3n) is 3.91. The quantitative estimate of drug-likeness (QED) is 0.296. The molecule has 1 aliphatic carbocycles. The lowest BCUT2D eigenvalue weighted by Gasteiger charge is -2.16. The summed E-state index contributed by atoms with van der Waals surface area (Å²) in [6, 6.07) is 7.41. The van der Waals surface area contributed by atoms with Crippen LogP contribution in [0.3, 0.4) is 0 Å². The summed E-state index contributed by atoms with van der Waals surface area (Å²) in [5.41, 5.74) is 6.83. The first-order valence-corrected chi connectivity index (χ1v) is 8.20. The lowest BCUT2D eigenvalue weighted by Crippen LogP contribution is -2.39. The highest BCUT2D eigenvalue weighted by Gasteiger charge is 2.12. The molecule has 0 amide bonds. The summed E-state index contributed by atoms with van der Waals surface area (Å²) < 4.78 is 29.3. The highest BCUT2D eigenvalue weighted by Crippen LogP contribution is 2.17. The van der Waals surface area contributed by atoms with Gasteiger partial charge < -0.3 is 15.8 Å². The van der Waals surface area contributed by atoms with Gasteiger partial charge in [0.2, 0.25) is 0 Å². The van der Waals surface area contributed by atoms with Crippen molar-refractivity contribution in [3.8, 4) is 5.75 Å². The smallest absolute Gasteiger partial charge is 0.272 e. The molecular formula is C17H26F2IN3O. The van der Waals surface area contributed by atoms with Gasteiger partial charge in [-0.15, -0.1) is 24.0 Å².